The highest BCUT2D eigenvalue weighted by Gasteiger charge is 2.26. The minimum absolute atomic E-state index is 0.0731. The number of aromatic nitrogens is 3. The molecule has 1 aliphatic carbocycles. The van der Waals surface area contributed by atoms with Crippen LogP contribution in [0.1, 0.15) is 60.8 Å². The first-order valence-corrected chi connectivity index (χ1v) is 12.3. The maximum atomic E-state index is 10.3. The van der Waals surface area contributed by atoms with E-state index in [0.717, 1.165) is 55.4 Å². The van der Waals surface area contributed by atoms with Crippen molar-refractivity contribution in [3.8, 4) is 5.88 Å². The van der Waals surface area contributed by atoms with Crippen LogP contribution in [0.4, 0.5) is 0 Å². The first kappa shape index (κ1) is 22.3. The molecule has 1 fully saturated rings. The van der Waals surface area contributed by atoms with Gasteiger partial charge in [-0.15, -0.1) is 0 Å². The van der Waals surface area contributed by atoms with Crippen molar-refractivity contribution in [3.63, 3.8) is 0 Å². The van der Waals surface area contributed by atoms with E-state index in [9.17, 15) is 5.11 Å². The van der Waals surface area contributed by atoms with E-state index in [-0.39, 0.29) is 12.6 Å². The van der Waals surface area contributed by atoms with Crippen molar-refractivity contribution in [2.75, 3.05) is 33.3 Å². The topological polar surface area (TPSA) is 66.1 Å². The van der Waals surface area contributed by atoms with Crippen LogP contribution in [0.25, 0.3) is 5.65 Å². The number of aliphatic hydroxyl groups is 1. The Morgan fingerprint density at radius 1 is 1.12 bits per heavy atom. The molecule has 4 heterocycles. The van der Waals surface area contributed by atoms with Gasteiger partial charge in [-0.05, 0) is 76.0 Å². The van der Waals surface area contributed by atoms with Crippen molar-refractivity contribution < 1.29 is 9.84 Å². The van der Waals surface area contributed by atoms with E-state index in [1.807, 2.05) is 34.9 Å². The molecule has 0 saturated carbocycles. The Balaban J connectivity index is 1.34. The van der Waals surface area contributed by atoms with Gasteiger partial charge in [-0.2, -0.15) is 0 Å². The van der Waals surface area contributed by atoms with Gasteiger partial charge in [0.2, 0.25) is 0 Å². The van der Waals surface area contributed by atoms with E-state index in [1.54, 1.807) is 0 Å². The smallest absolute Gasteiger partial charge is 0.199 e. The number of rotatable bonds is 8. The maximum Gasteiger partial charge on any atom is 0.199 e. The molecule has 33 heavy (non-hydrogen) atoms. The van der Waals surface area contributed by atoms with Crippen molar-refractivity contribution in [1.29, 1.82) is 0 Å². The summed E-state index contributed by atoms with van der Waals surface area (Å²) in [5, 5.41) is 10.3. The van der Waals surface area contributed by atoms with Gasteiger partial charge in [0, 0.05) is 19.3 Å². The summed E-state index contributed by atoms with van der Waals surface area (Å²) >= 11 is 0. The molecule has 0 aromatic carbocycles. The molecule has 7 heteroatoms. The molecule has 5 rings (SSSR count). The van der Waals surface area contributed by atoms with Crippen LogP contribution in [0.15, 0.2) is 36.5 Å². The second kappa shape index (κ2) is 10.2. The number of nitrogens with zero attached hydrogens (tertiary/aromatic N) is 5. The van der Waals surface area contributed by atoms with Crippen molar-refractivity contribution in [1.82, 2.24) is 24.2 Å². The van der Waals surface area contributed by atoms with Crippen LogP contribution in [0.3, 0.4) is 0 Å². The molecule has 0 spiro atoms. The van der Waals surface area contributed by atoms with Crippen LogP contribution >= 0.6 is 0 Å². The van der Waals surface area contributed by atoms with E-state index in [0.29, 0.717) is 13.2 Å². The molecule has 1 N–H and O–H groups in total. The predicted molar refractivity (Wildman–Crippen MR) is 128 cm³/mol. The van der Waals surface area contributed by atoms with Crippen molar-refractivity contribution in [2.45, 2.75) is 57.7 Å². The van der Waals surface area contributed by atoms with Gasteiger partial charge in [0.25, 0.3) is 0 Å². The van der Waals surface area contributed by atoms with Gasteiger partial charge in [-0.1, -0.05) is 18.6 Å². The van der Waals surface area contributed by atoms with E-state index in [4.69, 9.17) is 14.7 Å². The average molecular weight is 450 g/mol. The van der Waals surface area contributed by atoms with Crippen LogP contribution in [-0.4, -0.2) is 62.6 Å². The number of ether oxygens (including phenoxy) is 1. The lowest BCUT2D eigenvalue weighted by molar-refractivity contribution is 0.178. The van der Waals surface area contributed by atoms with Crippen LogP contribution in [-0.2, 0) is 19.6 Å². The number of aliphatic hydroxyl groups excluding tert-OH is 1. The summed E-state index contributed by atoms with van der Waals surface area (Å²) in [6.45, 7) is 4.49. The summed E-state index contributed by atoms with van der Waals surface area (Å²) in [5.74, 6) is 0.750. The lowest BCUT2D eigenvalue weighted by Crippen LogP contribution is -2.33. The van der Waals surface area contributed by atoms with Crippen molar-refractivity contribution in [2.24, 2.45) is 0 Å². The van der Waals surface area contributed by atoms with Crippen LogP contribution < -0.4 is 4.74 Å². The maximum absolute atomic E-state index is 10.3. The molecule has 1 saturated heterocycles. The highest BCUT2D eigenvalue weighted by atomic mass is 16.5. The quantitative estimate of drug-likeness (QED) is 0.567. The number of fused-ring (bicyclic) bond motifs is 2. The fraction of sp³-hybridized carbons (Fsp3) is 0.538. The summed E-state index contributed by atoms with van der Waals surface area (Å²) in [4.78, 5) is 14.4. The minimum Gasteiger partial charge on any atom is -0.477 e. The van der Waals surface area contributed by atoms with Gasteiger partial charge < -0.3 is 9.84 Å². The van der Waals surface area contributed by atoms with Crippen LogP contribution in [0.5, 0.6) is 5.88 Å². The number of pyridine rings is 2. The third-order valence-corrected chi connectivity index (χ3v) is 7.14. The molecule has 3 aromatic rings. The highest BCUT2D eigenvalue weighted by molar-refractivity contribution is 5.47. The molecular weight excluding hydrogens is 414 g/mol. The monoisotopic (exact) mass is 449 g/mol. The third kappa shape index (κ3) is 4.76. The SMILES string of the molecule is CN(Cc1nc2cccc(OCCN3CCCCC3)n2c1CO)[C@H]1CCCc2cccnc21. The lowest BCUT2D eigenvalue weighted by Gasteiger charge is -2.32. The molecule has 0 amide bonds. The van der Waals surface area contributed by atoms with Crippen molar-refractivity contribution in [3.05, 3.63) is 59.2 Å². The predicted octanol–water partition coefficient (Wildman–Crippen LogP) is 3.60. The van der Waals surface area contributed by atoms with Gasteiger partial charge in [-0.3, -0.25) is 19.2 Å². The normalized spacial score (nSPS) is 19.2. The van der Waals surface area contributed by atoms with Crippen LogP contribution in [0.2, 0.25) is 0 Å². The van der Waals surface area contributed by atoms with E-state index >= 15 is 0 Å². The molecule has 1 aliphatic heterocycles. The summed E-state index contributed by atoms with van der Waals surface area (Å²) in [6.07, 6.45) is 9.15. The Kier molecular flexibility index (Phi) is 6.90. The third-order valence-electron chi connectivity index (χ3n) is 7.14. The first-order valence-electron chi connectivity index (χ1n) is 12.3. The molecule has 0 radical (unpaired) electrons. The number of hydrogen-bond donors (Lipinski definition) is 1. The number of piperidine rings is 1. The number of likely N-dealkylation sites (tertiary alicyclic amines) is 1. The molecular formula is C26H35N5O2. The van der Waals surface area contributed by atoms with Crippen LogP contribution in [0, 0.1) is 0 Å². The van der Waals surface area contributed by atoms with Crippen molar-refractivity contribution >= 4 is 5.65 Å². The molecule has 0 unspecified atom stereocenters. The minimum atomic E-state index is -0.0731. The summed E-state index contributed by atoms with van der Waals surface area (Å²) in [6, 6.07) is 10.4. The molecule has 2 aliphatic rings. The Hall–Kier alpha value is -2.48. The van der Waals surface area contributed by atoms with Gasteiger partial charge in [0.15, 0.2) is 5.88 Å². The molecule has 176 valence electrons. The number of imidazole rings is 1. The molecule has 1 atom stereocenters. The van der Waals surface area contributed by atoms with Gasteiger partial charge in [0.05, 0.1) is 29.7 Å². The Morgan fingerprint density at radius 3 is 2.85 bits per heavy atom. The Labute approximate surface area is 196 Å². The fourth-order valence-electron chi connectivity index (χ4n) is 5.39. The Bertz CT molecular complexity index is 1080. The Morgan fingerprint density at radius 2 is 2.00 bits per heavy atom. The summed E-state index contributed by atoms with van der Waals surface area (Å²) in [7, 11) is 2.13. The number of hydrogen-bond acceptors (Lipinski definition) is 6. The fourth-order valence-corrected chi connectivity index (χ4v) is 5.39. The zero-order chi connectivity index (χ0) is 22.6. The van der Waals surface area contributed by atoms with Gasteiger partial charge >= 0.3 is 0 Å². The lowest BCUT2D eigenvalue weighted by atomic mass is 9.91. The van der Waals surface area contributed by atoms with E-state index in [2.05, 4.69) is 22.9 Å². The second-order valence-electron chi connectivity index (χ2n) is 9.34. The molecule has 0 bridgehead atoms. The number of aryl methyl sites for hydroxylation is 1. The standard InChI is InChI=1S/C26H35N5O2/c1-29(22-10-5-8-20-9-7-13-27-26(20)22)18-21-23(19-32)31-24(28-21)11-6-12-25(31)33-17-16-30-14-3-2-4-15-30/h6-7,9,11-13,22,32H,2-5,8,10,14-19H2,1H3/t22-/m0/s1. The second-order valence-corrected chi connectivity index (χ2v) is 9.34. The van der Waals surface area contributed by atoms with Gasteiger partial charge in [-0.25, -0.2) is 4.98 Å². The largest absolute Gasteiger partial charge is 0.477 e. The van der Waals surface area contributed by atoms with E-state index < -0.39 is 0 Å². The average Bonchev–Trinajstić information content (AvgIpc) is 3.22. The summed E-state index contributed by atoms with van der Waals surface area (Å²) in [5.41, 5.74) is 5.06. The highest BCUT2D eigenvalue weighted by Crippen LogP contribution is 2.33. The molecule has 7 nitrogen and oxygen atoms in total. The van der Waals surface area contributed by atoms with E-state index in [1.165, 1.54) is 36.9 Å². The molecule has 3 aromatic heterocycles. The zero-order valence-electron chi connectivity index (χ0n) is 19.6. The first-order chi connectivity index (χ1) is 16.2. The summed E-state index contributed by atoms with van der Waals surface area (Å²) < 4.78 is 8.17. The zero-order valence-corrected chi connectivity index (χ0v) is 19.6. The van der Waals surface area contributed by atoms with Gasteiger partial charge in [0.1, 0.15) is 12.3 Å².